The second-order valence-electron chi connectivity index (χ2n) is 5.09. The van der Waals surface area contributed by atoms with Gasteiger partial charge in [-0.1, -0.05) is 27.5 Å². The highest BCUT2D eigenvalue weighted by atomic mass is 79.9. The van der Waals surface area contributed by atoms with E-state index in [4.69, 9.17) is 21.1 Å². The van der Waals surface area contributed by atoms with Gasteiger partial charge < -0.3 is 9.47 Å². The van der Waals surface area contributed by atoms with Gasteiger partial charge >= 0.3 is 0 Å². The van der Waals surface area contributed by atoms with Gasteiger partial charge in [-0.25, -0.2) is 8.42 Å². The summed E-state index contributed by atoms with van der Waals surface area (Å²) in [5.74, 6) is -0.588. The minimum Gasteiger partial charge on any atom is -0.347 e. The number of nitrogens with zero attached hydrogens (tertiary/aromatic N) is 1. The number of hydrogen-bond donors (Lipinski definition) is 0. The van der Waals surface area contributed by atoms with E-state index in [9.17, 15) is 8.42 Å². The van der Waals surface area contributed by atoms with E-state index in [1.165, 1.54) is 10.4 Å². The quantitative estimate of drug-likeness (QED) is 0.771. The first-order chi connectivity index (χ1) is 9.93. The Hall–Kier alpha value is -0.180. The van der Waals surface area contributed by atoms with Crippen LogP contribution in [-0.2, 0) is 19.5 Å². The first kappa shape index (κ1) is 15.7. The van der Waals surface area contributed by atoms with Gasteiger partial charge in [0.05, 0.1) is 18.2 Å². The van der Waals surface area contributed by atoms with Crippen LogP contribution in [0, 0.1) is 0 Å². The van der Waals surface area contributed by atoms with Crippen LogP contribution in [0.2, 0.25) is 5.02 Å². The van der Waals surface area contributed by atoms with Crippen LogP contribution in [0.3, 0.4) is 0 Å². The molecule has 0 aromatic heterocycles. The molecule has 21 heavy (non-hydrogen) atoms. The van der Waals surface area contributed by atoms with Gasteiger partial charge in [0.2, 0.25) is 10.0 Å². The molecule has 0 atom stereocenters. The van der Waals surface area contributed by atoms with Crippen LogP contribution >= 0.6 is 27.5 Å². The maximum atomic E-state index is 12.7. The Morgan fingerprint density at radius 3 is 2.38 bits per heavy atom. The molecule has 2 aliphatic heterocycles. The summed E-state index contributed by atoms with van der Waals surface area (Å²) < 4.78 is 38.7. The fourth-order valence-electron chi connectivity index (χ4n) is 2.68. The summed E-state index contributed by atoms with van der Waals surface area (Å²) in [6, 6.07) is 4.78. The molecule has 1 aromatic carbocycles. The van der Waals surface area contributed by atoms with Gasteiger partial charge in [-0.3, -0.25) is 0 Å². The van der Waals surface area contributed by atoms with Gasteiger partial charge in [0.25, 0.3) is 0 Å². The van der Waals surface area contributed by atoms with Crippen molar-refractivity contribution in [3.05, 3.63) is 27.7 Å². The van der Waals surface area contributed by atoms with Crippen molar-refractivity contribution >= 4 is 37.6 Å². The van der Waals surface area contributed by atoms with Gasteiger partial charge in [-0.15, -0.1) is 0 Å². The lowest BCUT2D eigenvalue weighted by molar-refractivity contribution is -0.179. The molecule has 1 spiro atoms. The molecule has 0 radical (unpaired) electrons. The van der Waals surface area contributed by atoms with Gasteiger partial charge in [-0.05, 0) is 18.2 Å². The Morgan fingerprint density at radius 1 is 1.19 bits per heavy atom. The molecule has 0 amide bonds. The average molecular weight is 397 g/mol. The maximum absolute atomic E-state index is 12.7. The zero-order valence-electron chi connectivity index (χ0n) is 11.2. The first-order valence-corrected chi connectivity index (χ1v) is 9.27. The molecule has 0 bridgehead atoms. The summed E-state index contributed by atoms with van der Waals surface area (Å²) in [7, 11) is -3.59. The van der Waals surface area contributed by atoms with Crippen molar-refractivity contribution in [1.82, 2.24) is 4.31 Å². The summed E-state index contributed by atoms with van der Waals surface area (Å²) in [6.07, 6.45) is 1.08. The lowest BCUT2D eigenvalue weighted by Crippen LogP contribution is -2.47. The zero-order valence-corrected chi connectivity index (χ0v) is 14.4. The summed E-state index contributed by atoms with van der Waals surface area (Å²) >= 11 is 9.34. The lowest BCUT2D eigenvalue weighted by Gasteiger charge is -2.36. The van der Waals surface area contributed by atoms with E-state index in [-0.39, 0.29) is 9.92 Å². The molecule has 2 fully saturated rings. The number of sulfonamides is 1. The molecule has 0 N–H and O–H groups in total. The Labute approximate surface area is 137 Å². The minimum absolute atomic E-state index is 0.136. The minimum atomic E-state index is -3.59. The van der Waals surface area contributed by atoms with Crippen LogP contribution in [-0.4, -0.2) is 44.8 Å². The number of benzene rings is 1. The van der Waals surface area contributed by atoms with Crippen molar-refractivity contribution in [2.75, 3.05) is 26.3 Å². The summed E-state index contributed by atoms with van der Waals surface area (Å²) in [5, 5.41) is 0.220. The van der Waals surface area contributed by atoms with Gasteiger partial charge in [0, 0.05) is 30.4 Å². The van der Waals surface area contributed by atoms with Crippen LogP contribution in [0.25, 0.3) is 0 Å². The summed E-state index contributed by atoms with van der Waals surface area (Å²) in [6.45, 7) is 1.89. The Balaban J connectivity index is 1.80. The van der Waals surface area contributed by atoms with E-state index in [0.717, 1.165) is 4.47 Å². The standard InChI is InChI=1S/C13H15BrClNO4S/c14-10-1-2-12(11(15)9-10)21(17,18)16-5-3-13(4-6-16)19-7-8-20-13/h1-2,9H,3-8H2. The van der Waals surface area contributed by atoms with Crippen molar-refractivity contribution in [1.29, 1.82) is 0 Å². The second kappa shape index (κ2) is 5.79. The second-order valence-corrected chi connectivity index (χ2v) is 8.32. The average Bonchev–Trinajstić information content (AvgIpc) is 2.87. The van der Waals surface area contributed by atoms with E-state index in [0.29, 0.717) is 39.1 Å². The van der Waals surface area contributed by atoms with E-state index in [1.54, 1.807) is 12.1 Å². The largest absolute Gasteiger partial charge is 0.347 e. The van der Waals surface area contributed by atoms with Crippen LogP contribution in [0.4, 0.5) is 0 Å². The first-order valence-electron chi connectivity index (χ1n) is 6.66. The molecule has 8 heteroatoms. The fourth-order valence-corrected chi connectivity index (χ4v) is 5.13. The Bertz CT molecular complexity index is 636. The number of rotatable bonds is 2. The van der Waals surface area contributed by atoms with E-state index in [1.807, 2.05) is 0 Å². The van der Waals surface area contributed by atoms with Gasteiger partial charge in [0.15, 0.2) is 5.79 Å². The lowest BCUT2D eigenvalue weighted by atomic mass is 10.1. The summed E-state index contributed by atoms with van der Waals surface area (Å²) in [4.78, 5) is 0.136. The molecule has 3 rings (SSSR count). The van der Waals surface area contributed by atoms with Crippen molar-refractivity contribution in [2.45, 2.75) is 23.5 Å². The molecule has 0 unspecified atom stereocenters. The fraction of sp³-hybridized carbons (Fsp3) is 0.538. The third-order valence-corrected chi connectivity index (χ3v) is 6.68. The maximum Gasteiger partial charge on any atom is 0.244 e. The predicted molar refractivity (Wildman–Crippen MR) is 81.8 cm³/mol. The third-order valence-electron chi connectivity index (χ3n) is 3.81. The molecule has 116 valence electrons. The van der Waals surface area contributed by atoms with Crippen molar-refractivity contribution < 1.29 is 17.9 Å². The van der Waals surface area contributed by atoms with E-state index >= 15 is 0 Å². The molecule has 0 aliphatic carbocycles. The molecule has 2 aliphatic rings. The molecule has 0 saturated carbocycles. The topological polar surface area (TPSA) is 55.8 Å². The number of hydrogen-bond acceptors (Lipinski definition) is 4. The smallest absolute Gasteiger partial charge is 0.244 e. The molecule has 2 saturated heterocycles. The normalized spacial score (nSPS) is 22.8. The third kappa shape index (κ3) is 3.00. The van der Waals surface area contributed by atoms with Crippen molar-refractivity contribution in [3.63, 3.8) is 0 Å². The van der Waals surface area contributed by atoms with Gasteiger partial charge in [-0.2, -0.15) is 4.31 Å². The van der Waals surface area contributed by atoms with Gasteiger partial charge in [0.1, 0.15) is 4.90 Å². The number of halogens is 2. The molecule has 2 heterocycles. The molecular formula is C13H15BrClNO4S. The number of piperidine rings is 1. The Kier molecular flexibility index (Phi) is 4.33. The van der Waals surface area contributed by atoms with Crippen LogP contribution in [0.5, 0.6) is 0 Å². The summed E-state index contributed by atoms with van der Waals surface area (Å²) in [5.41, 5.74) is 0. The Morgan fingerprint density at radius 2 is 1.81 bits per heavy atom. The van der Waals surface area contributed by atoms with Crippen LogP contribution in [0.1, 0.15) is 12.8 Å². The SMILES string of the molecule is O=S(=O)(c1ccc(Br)cc1Cl)N1CCC2(CC1)OCCO2. The highest BCUT2D eigenvalue weighted by Gasteiger charge is 2.42. The molecule has 1 aromatic rings. The monoisotopic (exact) mass is 395 g/mol. The highest BCUT2D eigenvalue weighted by Crippen LogP contribution is 2.35. The zero-order chi connectivity index (χ0) is 15.1. The van der Waals surface area contributed by atoms with Crippen LogP contribution < -0.4 is 0 Å². The van der Waals surface area contributed by atoms with E-state index < -0.39 is 15.8 Å². The van der Waals surface area contributed by atoms with Crippen molar-refractivity contribution in [3.8, 4) is 0 Å². The van der Waals surface area contributed by atoms with Crippen molar-refractivity contribution in [2.24, 2.45) is 0 Å². The van der Waals surface area contributed by atoms with E-state index in [2.05, 4.69) is 15.9 Å². The highest BCUT2D eigenvalue weighted by molar-refractivity contribution is 9.10. The number of ether oxygens (including phenoxy) is 2. The van der Waals surface area contributed by atoms with Crippen LogP contribution in [0.15, 0.2) is 27.6 Å². The molecular weight excluding hydrogens is 382 g/mol. The molecule has 5 nitrogen and oxygen atoms in total. The predicted octanol–water partition coefficient (Wildman–Crippen LogP) is 2.63.